The normalized spacial score (nSPS) is 11.8. The molecule has 21 heavy (non-hydrogen) atoms. The van der Waals surface area contributed by atoms with Crippen molar-refractivity contribution < 1.29 is 8.42 Å². The Morgan fingerprint density at radius 2 is 2.10 bits per heavy atom. The molecule has 0 saturated heterocycles. The number of aryl methyl sites for hydroxylation is 2. The molecular weight excluding hydrogens is 306 g/mol. The van der Waals surface area contributed by atoms with E-state index in [0.717, 1.165) is 16.3 Å². The topological polar surface area (TPSA) is 85.1 Å². The Kier molecular flexibility index (Phi) is 5.10. The molecule has 0 aliphatic heterocycles. The van der Waals surface area contributed by atoms with Crippen LogP contribution in [0.2, 0.25) is 0 Å². The third kappa shape index (κ3) is 4.10. The number of nitrogens with two attached hydrogens (primary N) is 1. The average Bonchev–Trinajstić information content (AvgIpc) is 2.84. The zero-order valence-corrected chi connectivity index (χ0v) is 13.7. The second kappa shape index (κ2) is 6.65. The smallest absolute Gasteiger partial charge is 0.240 e. The first-order valence-electron chi connectivity index (χ1n) is 6.62. The van der Waals surface area contributed by atoms with Crippen molar-refractivity contribution in [2.45, 2.75) is 31.7 Å². The summed E-state index contributed by atoms with van der Waals surface area (Å²) >= 11 is 1.54. The third-order valence-electron chi connectivity index (χ3n) is 3.08. The second-order valence-corrected chi connectivity index (χ2v) is 7.51. The molecule has 0 aliphatic carbocycles. The van der Waals surface area contributed by atoms with E-state index in [1.165, 1.54) is 0 Å². The maximum absolute atomic E-state index is 12.3. The molecule has 1 heterocycles. The van der Waals surface area contributed by atoms with Gasteiger partial charge in [0.25, 0.3) is 0 Å². The zero-order chi connectivity index (χ0) is 15.5. The largest absolute Gasteiger partial charge is 0.326 e. The van der Waals surface area contributed by atoms with Gasteiger partial charge in [-0.05, 0) is 31.0 Å². The van der Waals surface area contributed by atoms with Crippen molar-refractivity contribution >= 4 is 21.4 Å². The molecule has 0 bridgehead atoms. The Bertz CT molecular complexity index is 724. The molecule has 5 nitrogen and oxygen atoms in total. The molecule has 0 fully saturated rings. The highest BCUT2D eigenvalue weighted by Gasteiger charge is 2.16. The number of nitrogens with zero attached hydrogens (tertiary/aromatic N) is 1. The first kappa shape index (κ1) is 16.1. The Morgan fingerprint density at radius 1 is 1.33 bits per heavy atom. The van der Waals surface area contributed by atoms with Crippen molar-refractivity contribution in [3.63, 3.8) is 0 Å². The van der Waals surface area contributed by atoms with Gasteiger partial charge < -0.3 is 5.73 Å². The lowest BCUT2D eigenvalue weighted by Gasteiger charge is -2.10. The predicted octanol–water partition coefficient (Wildman–Crippen LogP) is 1.74. The summed E-state index contributed by atoms with van der Waals surface area (Å²) in [7, 11) is -3.52. The van der Waals surface area contributed by atoms with Crippen LogP contribution in [0.1, 0.15) is 21.8 Å². The maximum atomic E-state index is 12.3. The number of rotatable bonds is 6. The van der Waals surface area contributed by atoms with E-state index in [-0.39, 0.29) is 0 Å². The second-order valence-electron chi connectivity index (χ2n) is 4.83. The van der Waals surface area contributed by atoms with Crippen LogP contribution in [0.15, 0.2) is 28.5 Å². The summed E-state index contributed by atoms with van der Waals surface area (Å²) in [5, 5.41) is 2.89. The van der Waals surface area contributed by atoms with E-state index in [1.54, 1.807) is 30.4 Å². The number of nitrogens with one attached hydrogen (secondary N) is 1. The van der Waals surface area contributed by atoms with Gasteiger partial charge in [0.2, 0.25) is 10.0 Å². The summed E-state index contributed by atoms with van der Waals surface area (Å²) in [6, 6.07) is 5.25. The van der Waals surface area contributed by atoms with Crippen LogP contribution in [0.25, 0.3) is 0 Å². The molecule has 3 N–H and O–H groups in total. The summed E-state index contributed by atoms with van der Waals surface area (Å²) in [5.41, 5.74) is 8.05. The Balaban J connectivity index is 2.07. The van der Waals surface area contributed by atoms with Crippen LogP contribution in [0.5, 0.6) is 0 Å². The van der Waals surface area contributed by atoms with Gasteiger partial charge in [-0.3, -0.25) is 0 Å². The molecule has 0 atom stereocenters. The SMILES string of the molecule is Cc1csc(CCNS(=O)(=O)c2cc(CN)ccc2C)n1. The molecule has 2 rings (SSSR count). The summed E-state index contributed by atoms with van der Waals surface area (Å²) in [5.74, 6) is 0. The fourth-order valence-corrected chi connectivity index (χ4v) is 4.05. The Labute approximate surface area is 129 Å². The van der Waals surface area contributed by atoms with Crippen molar-refractivity contribution in [1.82, 2.24) is 9.71 Å². The summed E-state index contributed by atoms with van der Waals surface area (Å²) in [6.07, 6.45) is 0.591. The number of hydrogen-bond acceptors (Lipinski definition) is 5. The molecule has 0 amide bonds. The zero-order valence-electron chi connectivity index (χ0n) is 12.1. The lowest BCUT2D eigenvalue weighted by atomic mass is 10.1. The van der Waals surface area contributed by atoms with E-state index in [2.05, 4.69) is 9.71 Å². The van der Waals surface area contributed by atoms with Gasteiger partial charge in [0.1, 0.15) is 0 Å². The van der Waals surface area contributed by atoms with Gasteiger partial charge in [-0.1, -0.05) is 12.1 Å². The standard InChI is InChI=1S/C14H19N3O2S2/c1-10-3-4-12(8-15)7-13(10)21(18,19)16-6-5-14-17-11(2)9-20-14/h3-4,7,9,16H,5-6,8,15H2,1-2H3. The molecule has 0 radical (unpaired) electrons. The van der Waals surface area contributed by atoms with E-state index in [4.69, 9.17) is 5.73 Å². The van der Waals surface area contributed by atoms with Gasteiger partial charge >= 0.3 is 0 Å². The molecule has 0 spiro atoms. The molecule has 2 aromatic rings. The summed E-state index contributed by atoms with van der Waals surface area (Å²) in [4.78, 5) is 4.61. The van der Waals surface area contributed by atoms with Crippen LogP contribution >= 0.6 is 11.3 Å². The van der Waals surface area contributed by atoms with E-state index in [1.807, 2.05) is 18.4 Å². The number of thiazole rings is 1. The van der Waals surface area contributed by atoms with Crippen molar-refractivity contribution in [2.75, 3.05) is 6.54 Å². The first-order valence-corrected chi connectivity index (χ1v) is 8.99. The Morgan fingerprint density at radius 3 is 2.71 bits per heavy atom. The van der Waals surface area contributed by atoms with Gasteiger partial charge in [0.15, 0.2) is 0 Å². The van der Waals surface area contributed by atoms with E-state index >= 15 is 0 Å². The number of hydrogen-bond donors (Lipinski definition) is 2. The van der Waals surface area contributed by atoms with E-state index in [0.29, 0.717) is 30.0 Å². The predicted molar refractivity (Wildman–Crippen MR) is 84.8 cm³/mol. The average molecular weight is 325 g/mol. The fraction of sp³-hybridized carbons (Fsp3) is 0.357. The molecular formula is C14H19N3O2S2. The van der Waals surface area contributed by atoms with Crippen LogP contribution in [-0.4, -0.2) is 19.9 Å². The highest BCUT2D eigenvalue weighted by Crippen LogP contribution is 2.17. The lowest BCUT2D eigenvalue weighted by molar-refractivity contribution is 0.581. The molecule has 0 unspecified atom stereocenters. The minimum absolute atomic E-state index is 0.292. The van der Waals surface area contributed by atoms with Crippen LogP contribution in [-0.2, 0) is 23.0 Å². The molecule has 1 aromatic heterocycles. The lowest BCUT2D eigenvalue weighted by Crippen LogP contribution is -2.26. The van der Waals surface area contributed by atoms with Crippen molar-refractivity contribution in [3.05, 3.63) is 45.4 Å². The van der Waals surface area contributed by atoms with Crippen molar-refractivity contribution in [2.24, 2.45) is 5.73 Å². The minimum atomic E-state index is -3.52. The van der Waals surface area contributed by atoms with Crippen LogP contribution in [0.4, 0.5) is 0 Å². The molecule has 114 valence electrons. The number of sulfonamides is 1. The van der Waals surface area contributed by atoms with Crippen LogP contribution in [0.3, 0.4) is 0 Å². The highest BCUT2D eigenvalue weighted by molar-refractivity contribution is 7.89. The van der Waals surface area contributed by atoms with E-state index in [9.17, 15) is 8.42 Å². The monoisotopic (exact) mass is 325 g/mol. The third-order valence-corrected chi connectivity index (χ3v) is 5.70. The van der Waals surface area contributed by atoms with E-state index < -0.39 is 10.0 Å². The highest BCUT2D eigenvalue weighted by atomic mass is 32.2. The van der Waals surface area contributed by atoms with Crippen molar-refractivity contribution in [1.29, 1.82) is 0 Å². The maximum Gasteiger partial charge on any atom is 0.240 e. The fourth-order valence-electron chi connectivity index (χ4n) is 1.95. The molecule has 0 aliphatic rings. The summed E-state index contributed by atoms with van der Waals surface area (Å²) in [6.45, 7) is 4.35. The quantitative estimate of drug-likeness (QED) is 0.847. The number of benzene rings is 1. The van der Waals surface area contributed by atoms with Gasteiger partial charge in [-0.2, -0.15) is 0 Å². The van der Waals surface area contributed by atoms with Crippen LogP contribution < -0.4 is 10.5 Å². The molecule has 0 saturated carbocycles. The minimum Gasteiger partial charge on any atom is -0.326 e. The van der Waals surface area contributed by atoms with Crippen LogP contribution in [0, 0.1) is 13.8 Å². The van der Waals surface area contributed by atoms with Gasteiger partial charge in [-0.25, -0.2) is 18.1 Å². The summed E-state index contributed by atoms with van der Waals surface area (Å²) < 4.78 is 27.3. The molecule has 1 aromatic carbocycles. The first-order chi connectivity index (χ1) is 9.92. The number of aromatic nitrogens is 1. The van der Waals surface area contributed by atoms with Crippen molar-refractivity contribution in [3.8, 4) is 0 Å². The van der Waals surface area contributed by atoms with Gasteiger partial charge in [0, 0.05) is 30.6 Å². The molecule has 7 heteroatoms. The van der Waals surface area contributed by atoms with Gasteiger partial charge in [-0.15, -0.1) is 11.3 Å². The van der Waals surface area contributed by atoms with Gasteiger partial charge in [0.05, 0.1) is 9.90 Å². The Hall–Kier alpha value is -1.28.